The van der Waals surface area contributed by atoms with Gasteiger partial charge in [0, 0.05) is 49.4 Å². The smallest absolute Gasteiger partial charge is 0.253 e. The van der Waals surface area contributed by atoms with E-state index in [4.69, 9.17) is 9.72 Å². The first-order valence-corrected chi connectivity index (χ1v) is 12.1. The summed E-state index contributed by atoms with van der Waals surface area (Å²) in [5, 5.41) is 0. The zero-order chi connectivity index (χ0) is 24.1. The van der Waals surface area contributed by atoms with Crippen molar-refractivity contribution in [2.45, 2.75) is 40.0 Å². The van der Waals surface area contributed by atoms with Crippen LogP contribution < -0.4 is 9.64 Å². The van der Waals surface area contributed by atoms with Gasteiger partial charge in [0.15, 0.2) is 0 Å². The van der Waals surface area contributed by atoms with Gasteiger partial charge >= 0.3 is 0 Å². The van der Waals surface area contributed by atoms with Gasteiger partial charge in [0.2, 0.25) is 0 Å². The number of carbonyl (C=O) groups is 1. The molecule has 1 aromatic heterocycles. The fourth-order valence-electron chi connectivity index (χ4n) is 4.53. The molecule has 178 valence electrons. The Hall–Kier alpha value is -3.41. The van der Waals surface area contributed by atoms with Crippen LogP contribution in [0, 0.1) is 13.8 Å². The third-order valence-electron chi connectivity index (χ3n) is 6.54. The minimum atomic E-state index is 0.109. The lowest BCUT2D eigenvalue weighted by molar-refractivity contribution is 0.0767. The van der Waals surface area contributed by atoms with Crippen molar-refractivity contribution in [2.24, 2.45) is 0 Å². The summed E-state index contributed by atoms with van der Waals surface area (Å²) in [5.74, 6) is 2.72. The molecule has 0 atom stereocenters. The molecule has 1 saturated heterocycles. The highest BCUT2D eigenvalue weighted by Crippen LogP contribution is 2.26. The Balaban J connectivity index is 1.53. The van der Waals surface area contributed by atoms with Crippen molar-refractivity contribution in [3.8, 4) is 5.75 Å². The molecule has 0 N–H and O–H groups in total. The minimum absolute atomic E-state index is 0.109. The number of hydrogen-bond acceptors (Lipinski definition) is 5. The SMILES string of the molecule is CCc1ccc(C(=O)N2CCCN(c3nc(C)nc(C)c3Cc3ccc(OC)cc3)CC2)cc1. The molecule has 2 aromatic carbocycles. The van der Waals surface area contributed by atoms with Crippen LogP contribution in [0.2, 0.25) is 0 Å². The van der Waals surface area contributed by atoms with Gasteiger partial charge in [-0.25, -0.2) is 9.97 Å². The van der Waals surface area contributed by atoms with E-state index in [-0.39, 0.29) is 5.91 Å². The van der Waals surface area contributed by atoms with Gasteiger partial charge in [-0.3, -0.25) is 4.79 Å². The summed E-state index contributed by atoms with van der Waals surface area (Å²) in [4.78, 5) is 27.0. The topological polar surface area (TPSA) is 58.6 Å². The second kappa shape index (κ2) is 10.7. The van der Waals surface area contributed by atoms with Gasteiger partial charge in [0.25, 0.3) is 5.91 Å². The number of methoxy groups -OCH3 is 1. The van der Waals surface area contributed by atoms with Gasteiger partial charge in [-0.05, 0) is 62.1 Å². The maximum atomic E-state index is 13.1. The van der Waals surface area contributed by atoms with Crippen molar-refractivity contribution in [1.29, 1.82) is 0 Å². The van der Waals surface area contributed by atoms with Gasteiger partial charge in [-0.1, -0.05) is 31.2 Å². The van der Waals surface area contributed by atoms with E-state index in [0.29, 0.717) is 6.54 Å². The van der Waals surface area contributed by atoms with Crippen LogP contribution in [0.4, 0.5) is 5.82 Å². The summed E-state index contributed by atoms with van der Waals surface area (Å²) in [6.45, 7) is 9.18. The second-order valence-electron chi connectivity index (χ2n) is 8.87. The Morgan fingerprint density at radius 2 is 1.62 bits per heavy atom. The quantitative estimate of drug-likeness (QED) is 0.540. The fourth-order valence-corrected chi connectivity index (χ4v) is 4.53. The number of benzene rings is 2. The Kier molecular flexibility index (Phi) is 7.46. The van der Waals surface area contributed by atoms with Gasteiger partial charge in [-0.15, -0.1) is 0 Å². The zero-order valence-corrected chi connectivity index (χ0v) is 20.7. The van der Waals surface area contributed by atoms with Gasteiger partial charge in [-0.2, -0.15) is 0 Å². The number of rotatable bonds is 6. The van der Waals surface area contributed by atoms with Crippen molar-refractivity contribution in [1.82, 2.24) is 14.9 Å². The van der Waals surface area contributed by atoms with Crippen LogP contribution in [0.3, 0.4) is 0 Å². The van der Waals surface area contributed by atoms with Crippen LogP contribution >= 0.6 is 0 Å². The number of anilines is 1. The summed E-state index contributed by atoms with van der Waals surface area (Å²) in [6, 6.07) is 16.2. The Labute approximate surface area is 202 Å². The largest absolute Gasteiger partial charge is 0.497 e. The zero-order valence-electron chi connectivity index (χ0n) is 20.7. The van der Waals surface area contributed by atoms with Crippen LogP contribution in [0.25, 0.3) is 0 Å². The maximum Gasteiger partial charge on any atom is 0.253 e. The number of aryl methyl sites for hydroxylation is 3. The molecule has 0 spiro atoms. The molecule has 1 amide bonds. The van der Waals surface area contributed by atoms with E-state index in [1.165, 1.54) is 11.1 Å². The van der Waals surface area contributed by atoms with Gasteiger partial charge in [0.1, 0.15) is 17.4 Å². The molecule has 1 aliphatic heterocycles. The highest BCUT2D eigenvalue weighted by atomic mass is 16.5. The van der Waals surface area contributed by atoms with Crippen molar-refractivity contribution >= 4 is 11.7 Å². The Morgan fingerprint density at radius 1 is 0.912 bits per heavy atom. The summed E-state index contributed by atoms with van der Waals surface area (Å²) in [5.41, 5.74) is 5.36. The summed E-state index contributed by atoms with van der Waals surface area (Å²) in [6.07, 6.45) is 2.64. The van der Waals surface area contributed by atoms with E-state index >= 15 is 0 Å². The lowest BCUT2D eigenvalue weighted by atomic mass is 10.0. The molecular formula is C28H34N4O2. The average molecular weight is 459 g/mol. The molecule has 4 rings (SSSR count). The Bertz CT molecular complexity index is 1130. The number of hydrogen-bond donors (Lipinski definition) is 0. The molecule has 2 heterocycles. The fraction of sp³-hybridized carbons (Fsp3) is 0.393. The number of carbonyl (C=O) groups excluding carboxylic acids is 1. The molecule has 0 bridgehead atoms. The molecule has 34 heavy (non-hydrogen) atoms. The molecule has 0 saturated carbocycles. The predicted octanol–water partition coefficient (Wildman–Crippen LogP) is 4.61. The predicted molar refractivity (Wildman–Crippen MR) is 136 cm³/mol. The number of aromatic nitrogens is 2. The highest BCUT2D eigenvalue weighted by Gasteiger charge is 2.23. The number of ether oxygens (including phenoxy) is 1. The summed E-state index contributed by atoms with van der Waals surface area (Å²) in [7, 11) is 1.68. The average Bonchev–Trinajstić information content (AvgIpc) is 3.12. The lowest BCUT2D eigenvalue weighted by Crippen LogP contribution is -2.35. The molecule has 3 aromatic rings. The highest BCUT2D eigenvalue weighted by molar-refractivity contribution is 5.94. The number of nitrogens with zero attached hydrogens (tertiary/aromatic N) is 4. The normalized spacial score (nSPS) is 14.1. The van der Waals surface area contributed by atoms with Gasteiger partial charge in [0.05, 0.1) is 7.11 Å². The van der Waals surface area contributed by atoms with E-state index in [1.807, 2.05) is 36.1 Å². The molecule has 1 aliphatic rings. The molecule has 0 radical (unpaired) electrons. The first-order chi connectivity index (χ1) is 16.5. The Morgan fingerprint density at radius 3 is 2.29 bits per heavy atom. The summed E-state index contributed by atoms with van der Waals surface area (Å²) >= 11 is 0. The van der Waals surface area contributed by atoms with E-state index in [9.17, 15) is 4.79 Å². The van der Waals surface area contributed by atoms with E-state index in [0.717, 1.165) is 73.1 Å². The van der Waals surface area contributed by atoms with E-state index in [2.05, 4.69) is 48.0 Å². The molecular weight excluding hydrogens is 424 g/mol. The first kappa shape index (κ1) is 23.7. The first-order valence-electron chi connectivity index (χ1n) is 12.1. The van der Waals surface area contributed by atoms with Crippen molar-refractivity contribution < 1.29 is 9.53 Å². The monoisotopic (exact) mass is 458 g/mol. The van der Waals surface area contributed by atoms with E-state index < -0.39 is 0 Å². The van der Waals surface area contributed by atoms with Crippen LogP contribution in [0.1, 0.15) is 51.9 Å². The maximum absolute atomic E-state index is 13.1. The van der Waals surface area contributed by atoms with Crippen LogP contribution in [0.15, 0.2) is 48.5 Å². The molecule has 0 aliphatic carbocycles. The lowest BCUT2D eigenvalue weighted by Gasteiger charge is -2.26. The third-order valence-corrected chi connectivity index (χ3v) is 6.54. The third kappa shape index (κ3) is 5.38. The standard InChI is InChI=1S/C28H34N4O2/c1-5-22-7-11-24(12-8-22)28(33)32-16-6-15-31(17-18-32)27-26(20(2)29-21(3)30-27)19-23-9-13-25(34-4)14-10-23/h7-14H,5-6,15-19H2,1-4H3. The van der Waals surface area contributed by atoms with Crippen molar-refractivity contribution in [2.75, 3.05) is 38.2 Å². The van der Waals surface area contributed by atoms with Crippen LogP contribution in [0.5, 0.6) is 5.75 Å². The number of amides is 1. The summed E-state index contributed by atoms with van der Waals surface area (Å²) < 4.78 is 5.30. The van der Waals surface area contributed by atoms with E-state index in [1.54, 1.807) is 7.11 Å². The molecule has 6 nitrogen and oxygen atoms in total. The van der Waals surface area contributed by atoms with Crippen LogP contribution in [-0.4, -0.2) is 54.1 Å². The van der Waals surface area contributed by atoms with Gasteiger partial charge < -0.3 is 14.5 Å². The van der Waals surface area contributed by atoms with Crippen LogP contribution in [-0.2, 0) is 12.8 Å². The second-order valence-corrected chi connectivity index (χ2v) is 8.87. The van der Waals surface area contributed by atoms with Crippen molar-refractivity contribution in [3.63, 3.8) is 0 Å². The molecule has 0 unspecified atom stereocenters. The molecule has 6 heteroatoms. The van der Waals surface area contributed by atoms with Crippen molar-refractivity contribution in [3.05, 3.63) is 82.3 Å². The minimum Gasteiger partial charge on any atom is -0.497 e. The molecule has 1 fully saturated rings.